The lowest BCUT2D eigenvalue weighted by Gasteiger charge is -2.17. The van der Waals surface area contributed by atoms with Crippen molar-refractivity contribution in [1.82, 2.24) is 4.98 Å². The number of pyridine rings is 1. The number of hydrogen-bond donors (Lipinski definition) is 1. The molecule has 0 bridgehead atoms. The average molecular weight is 365 g/mol. The van der Waals surface area contributed by atoms with Crippen LogP contribution < -0.4 is 10.2 Å². The van der Waals surface area contributed by atoms with Crippen molar-refractivity contribution in [2.45, 2.75) is 25.4 Å². The summed E-state index contributed by atoms with van der Waals surface area (Å²) < 4.78 is 37.3. The molecule has 0 saturated heterocycles. The molecule has 0 unspecified atom stereocenters. The highest BCUT2D eigenvalue weighted by Crippen LogP contribution is 2.28. The van der Waals surface area contributed by atoms with Crippen molar-refractivity contribution < 1.29 is 22.8 Å². The Morgan fingerprint density at radius 2 is 1.77 bits per heavy atom. The van der Waals surface area contributed by atoms with Crippen LogP contribution in [0.5, 0.6) is 0 Å². The van der Waals surface area contributed by atoms with E-state index in [0.29, 0.717) is 12.6 Å². The number of rotatable bonds is 6. The molecule has 0 saturated carbocycles. The van der Waals surface area contributed by atoms with Crippen LogP contribution in [0.2, 0.25) is 0 Å². The van der Waals surface area contributed by atoms with Crippen molar-refractivity contribution in [3.05, 3.63) is 54.2 Å². The van der Waals surface area contributed by atoms with Crippen molar-refractivity contribution in [3.8, 4) is 0 Å². The third kappa shape index (κ3) is 5.58. The Morgan fingerprint density at radius 1 is 1.08 bits per heavy atom. The van der Waals surface area contributed by atoms with Gasteiger partial charge in [-0.1, -0.05) is 18.2 Å². The molecular weight excluding hydrogens is 347 g/mol. The van der Waals surface area contributed by atoms with E-state index in [1.807, 2.05) is 18.2 Å². The number of para-hydroxylation sites is 1. The SMILES string of the molecule is CN(C(=O)CCCC(=O)Nc1ccc(C(F)(F)F)cn1)c1ccccc1. The molecule has 0 fully saturated rings. The van der Waals surface area contributed by atoms with Crippen molar-refractivity contribution in [2.24, 2.45) is 0 Å². The summed E-state index contributed by atoms with van der Waals surface area (Å²) in [4.78, 5) is 29.0. The summed E-state index contributed by atoms with van der Waals surface area (Å²) in [6.07, 6.45) is -3.24. The average Bonchev–Trinajstić information content (AvgIpc) is 2.61. The Morgan fingerprint density at radius 3 is 2.35 bits per heavy atom. The van der Waals surface area contributed by atoms with Gasteiger partial charge in [-0.3, -0.25) is 9.59 Å². The van der Waals surface area contributed by atoms with Crippen LogP contribution in [-0.2, 0) is 15.8 Å². The van der Waals surface area contributed by atoms with Crippen molar-refractivity contribution in [1.29, 1.82) is 0 Å². The van der Waals surface area contributed by atoms with Crippen LogP contribution in [0.15, 0.2) is 48.7 Å². The van der Waals surface area contributed by atoms with Gasteiger partial charge in [0, 0.05) is 31.8 Å². The summed E-state index contributed by atoms with van der Waals surface area (Å²) in [6, 6.07) is 11.0. The minimum absolute atomic E-state index is 0.0377. The molecule has 0 spiro atoms. The zero-order valence-electron chi connectivity index (χ0n) is 14.1. The third-order valence-electron chi connectivity index (χ3n) is 3.67. The Labute approximate surface area is 148 Å². The van der Waals surface area contributed by atoms with Gasteiger partial charge in [-0.25, -0.2) is 4.98 Å². The van der Waals surface area contributed by atoms with Gasteiger partial charge >= 0.3 is 6.18 Å². The quantitative estimate of drug-likeness (QED) is 0.845. The van der Waals surface area contributed by atoms with Crippen LogP contribution in [0.1, 0.15) is 24.8 Å². The molecule has 2 amide bonds. The number of nitrogens with one attached hydrogen (secondary N) is 1. The summed E-state index contributed by atoms with van der Waals surface area (Å²) in [5.74, 6) is -0.500. The smallest absolute Gasteiger partial charge is 0.316 e. The molecule has 138 valence electrons. The largest absolute Gasteiger partial charge is 0.417 e. The highest BCUT2D eigenvalue weighted by atomic mass is 19.4. The molecule has 5 nitrogen and oxygen atoms in total. The number of halogens is 3. The van der Waals surface area contributed by atoms with Crippen LogP contribution in [0.4, 0.5) is 24.7 Å². The van der Waals surface area contributed by atoms with E-state index in [1.165, 1.54) is 4.90 Å². The molecule has 8 heteroatoms. The highest BCUT2D eigenvalue weighted by molar-refractivity contribution is 5.93. The van der Waals surface area contributed by atoms with Crippen LogP contribution in [0.3, 0.4) is 0 Å². The normalized spacial score (nSPS) is 11.1. The molecular formula is C18H18F3N3O2. The van der Waals surface area contributed by atoms with Gasteiger partial charge in [0.2, 0.25) is 11.8 Å². The van der Waals surface area contributed by atoms with E-state index < -0.39 is 17.6 Å². The lowest BCUT2D eigenvalue weighted by Crippen LogP contribution is -2.26. The molecule has 0 radical (unpaired) electrons. The second kappa shape index (κ2) is 8.46. The fraction of sp³-hybridized carbons (Fsp3) is 0.278. The monoisotopic (exact) mass is 365 g/mol. The molecule has 0 aliphatic rings. The number of aromatic nitrogens is 1. The van der Waals surface area contributed by atoms with Gasteiger partial charge in [-0.2, -0.15) is 13.2 Å². The van der Waals surface area contributed by atoms with Gasteiger partial charge in [0.15, 0.2) is 0 Å². The first-order chi connectivity index (χ1) is 12.3. The summed E-state index contributed by atoms with van der Waals surface area (Å²) in [5, 5.41) is 2.41. The van der Waals surface area contributed by atoms with Crippen LogP contribution >= 0.6 is 0 Å². The minimum atomic E-state index is -4.47. The zero-order valence-corrected chi connectivity index (χ0v) is 14.1. The number of hydrogen-bond acceptors (Lipinski definition) is 3. The van der Waals surface area contributed by atoms with Crippen LogP contribution in [0.25, 0.3) is 0 Å². The highest BCUT2D eigenvalue weighted by Gasteiger charge is 2.30. The van der Waals surface area contributed by atoms with Crippen molar-refractivity contribution in [3.63, 3.8) is 0 Å². The maximum absolute atomic E-state index is 12.4. The van der Waals surface area contributed by atoms with E-state index in [2.05, 4.69) is 10.3 Å². The molecule has 1 heterocycles. The number of benzene rings is 1. The predicted molar refractivity (Wildman–Crippen MR) is 91.6 cm³/mol. The fourth-order valence-corrected chi connectivity index (χ4v) is 2.20. The Bertz CT molecular complexity index is 747. The lowest BCUT2D eigenvalue weighted by atomic mass is 10.2. The molecule has 1 aromatic heterocycles. The lowest BCUT2D eigenvalue weighted by molar-refractivity contribution is -0.137. The molecule has 2 rings (SSSR count). The van der Waals surface area contributed by atoms with Gasteiger partial charge < -0.3 is 10.2 Å². The van der Waals surface area contributed by atoms with Crippen molar-refractivity contribution in [2.75, 3.05) is 17.3 Å². The van der Waals surface area contributed by atoms with Crippen LogP contribution in [0, 0.1) is 0 Å². The van der Waals surface area contributed by atoms with Gasteiger partial charge in [0.1, 0.15) is 5.82 Å². The first-order valence-electron chi connectivity index (χ1n) is 7.92. The van der Waals surface area contributed by atoms with E-state index >= 15 is 0 Å². The van der Waals surface area contributed by atoms with Gasteiger partial charge in [-0.15, -0.1) is 0 Å². The van der Waals surface area contributed by atoms with Gasteiger partial charge in [0.25, 0.3) is 0 Å². The number of nitrogens with zero attached hydrogens (tertiary/aromatic N) is 2. The molecule has 26 heavy (non-hydrogen) atoms. The fourth-order valence-electron chi connectivity index (χ4n) is 2.20. The maximum Gasteiger partial charge on any atom is 0.417 e. The van der Waals surface area contributed by atoms with Gasteiger partial charge in [-0.05, 0) is 30.7 Å². The van der Waals surface area contributed by atoms with Crippen LogP contribution in [-0.4, -0.2) is 23.8 Å². The first-order valence-corrected chi connectivity index (χ1v) is 7.92. The number of amides is 2. The topological polar surface area (TPSA) is 62.3 Å². The van der Waals surface area contributed by atoms with E-state index in [0.717, 1.165) is 17.8 Å². The molecule has 0 aliphatic carbocycles. The second-order valence-electron chi connectivity index (χ2n) is 5.62. The minimum Gasteiger partial charge on any atom is -0.316 e. The number of carbonyl (C=O) groups excluding carboxylic acids is 2. The molecule has 2 aromatic rings. The molecule has 1 aromatic carbocycles. The Balaban J connectivity index is 1.77. The number of anilines is 2. The predicted octanol–water partition coefficient (Wildman–Crippen LogP) is 3.87. The van der Waals surface area contributed by atoms with Crippen molar-refractivity contribution >= 4 is 23.3 Å². The van der Waals surface area contributed by atoms with E-state index in [4.69, 9.17) is 0 Å². The van der Waals surface area contributed by atoms with E-state index in [9.17, 15) is 22.8 Å². The Hall–Kier alpha value is -2.90. The summed E-state index contributed by atoms with van der Waals surface area (Å²) in [7, 11) is 1.66. The Kier molecular flexibility index (Phi) is 6.32. The number of alkyl halides is 3. The molecule has 0 aliphatic heterocycles. The van der Waals surface area contributed by atoms with E-state index in [1.54, 1.807) is 19.2 Å². The van der Waals surface area contributed by atoms with Gasteiger partial charge in [0.05, 0.1) is 5.56 Å². The summed E-state index contributed by atoms with van der Waals surface area (Å²) >= 11 is 0. The third-order valence-corrected chi connectivity index (χ3v) is 3.67. The summed E-state index contributed by atoms with van der Waals surface area (Å²) in [6.45, 7) is 0. The molecule has 1 N–H and O–H groups in total. The second-order valence-corrected chi connectivity index (χ2v) is 5.62. The first kappa shape index (κ1) is 19.4. The summed E-state index contributed by atoms with van der Waals surface area (Å²) in [5.41, 5.74) is -0.124. The standard InChI is InChI=1S/C18H18F3N3O2/c1-24(14-6-3-2-4-7-14)17(26)9-5-8-16(25)23-15-11-10-13(12-22-15)18(19,20)21/h2-4,6-7,10-12H,5,8-9H2,1H3,(H,22,23,25). The zero-order chi connectivity index (χ0) is 19.2. The molecule has 0 atom stereocenters. The number of carbonyl (C=O) groups is 2. The maximum atomic E-state index is 12.4. The van der Waals surface area contributed by atoms with E-state index in [-0.39, 0.29) is 24.6 Å².